The molecule has 12 heteroatoms. The van der Waals surface area contributed by atoms with Crippen LogP contribution >= 0.6 is 0 Å². The van der Waals surface area contributed by atoms with Crippen molar-refractivity contribution in [2.45, 2.75) is 51.2 Å². The molecule has 39 heavy (non-hydrogen) atoms. The van der Waals surface area contributed by atoms with Crippen molar-refractivity contribution in [3.05, 3.63) is 65.7 Å². The fraction of sp³-hybridized carbons (Fsp3) is 0.370. The van der Waals surface area contributed by atoms with Crippen LogP contribution in [0.25, 0.3) is 11.0 Å². The van der Waals surface area contributed by atoms with Gasteiger partial charge in [-0.3, -0.25) is 24.2 Å². The lowest BCUT2D eigenvalue weighted by molar-refractivity contribution is -0.138. The van der Waals surface area contributed by atoms with Gasteiger partial charge in [0.1, 0.15) is 23.4 Å². The van der Waals surface area contributed by atoms with Crippen LogP contribution in [0.3, 0.4) is 0 Å². The number of amides is 2. The van der Waals surface area contributed by atoms with Gasteiger partial charge in [0.05, 0.1) is 12.6 Å². The number of hydrogen-bond donors (Lipinski definition) is 1. The van der Waals surface area contributed by atoms with E-state index in [4.69, 9.17) is 4.42 Å². The van der Waals surface area contributed by atoms with E-state index in [1.165, 1.54) is 23.2 Å². The SMILES string of the molecule is CCCC(NC(=O)c1oc2ccccc2c1C)C(=O)N1CCC2C1C(=O)CN2S(=O)(=O)C(=O)c1ccccn1. The number of likely N-dealkylation sites (tertiary alicyclic amines) is 1. The van der Waals surface area contributed by atoms with Crippen LogP contribution in [0.15, 0.2) is 53.1 Å². The third kappa shape index (κ3) is 4.63. The van der Waals surface area contributed by atoms with E-state index in [-0.39, 0.29) is 24.4 Å². The molecule has 204 valence electrons. The van der Waals surface area contributed by atoms with Crippen molar-refractivity contribution in [2.75, 3.05) is 13.1 Å². The Hall–Kier alpha value is -3.90. The molecule has 3 atom stereocenters. The van der Waals surface area contributed by atoms with Crippen LogP contribution in [0.2, 0.25) is 0 Å². The van der Waals surface area contributed by atoms with Crippen molar-refractivity contribution in [3.63, 3.8) is 0 Å². The van der Waals surface area contributed by atoms with E-state index in [9.17, 15) is 27.6 Å². The standard InChI is InChI=1S/C27H28N4O7S/c1-3-8-18(29-25(33)24-16(2)17-9-4-5-11-22(17)38-24)26(34)30-14-12-20-23(30)21(32)15-31(20)39(36,37)27(35)19-10-6-7-13-28-19/h4-7,9-11,13,18,20,23H,3,8,12,14-15H2,1-2H3,(H,29,33). The number of aromatic nitrogens is 1. The van der Waals surface area contributed by atoms with Gasteiger partial charge in [0.2, 0.25) is 5.91 Å². The van der Waals surface area contributed by atoms with E-state index in [1.54, 1.807) is 25.1 Å². The Morgan fingerprint density at radius 2 is 1.90 bits per heavy atom. The number of nitrogens with zero attached hydrogens (tertiary/aromatic N) is 3. The van der Waals surface area contributed by atoms with Crippen LogP contribution in [0.5, 0.6) is 0 Å². The zero-order valence-corrected chi connectivity index (χ0v) is 22.3. The fourth-order valence-electron chi connectivity index (χ4n) is 5.42. The number of carbonyl (C=O) groups is 4. The molecule has 2 amide bonds. The highest BCUT2D eigenvalue weighted by atomic mass is 32.2. The second-order valence-electron chi connectivity index (χ2n) is 9.72. The molecule has 0 bridgehead atoms. The number of benzene rings is 1. The molecule has 0 spiro atoms. The van der Waals surface area contributed by atoms with E-state index in [2.05, 4.69) is 10.3 Å². The lowest BCUT2D eigenvalue weighted by atomic mass is 10.1. The van der Waals surface area contributed by atoms with Gasteiger partial charge in [0.15, 0.2) is 11.5 Å². The number of fused-ring (bicyclic) bond motifs is 2. The molecule has 2 saturated heterocycles. The maximum absolute atomic E-state index is 13.6. The zero-order valence-electron chi connectivity index (χ0n) is 21.5. The topological polar surface area (TPSA) is 147 Å². The van der Waals surface area contributed by atoms with Crippen molar-refractivity contribution in [1.82, 2.24) is 19.5 Å². The smallest absolute Gasteiger partial charge is 0.310 e. The zero-order chi connectivity index (χ0) is 27.9. The minimum Gasteiger partial charge on any atom is -0.451 e. The molecule has 2 aliphatic heterocycles. The summed E-state index contributed by atoms with van der Waals surface area (Å²) < 4.78 is 32.9. The normalized spacial score (nSPS) is 20.3. The van der Waals surface area contributed by atoms with Crippen molar-refractivity contribution in [1.29, 1.82) is 0 Å². The predicted octanol–water partition coefficient (Wildman–Crippen LogP) is 2.06. The molecule has 5 rings (SSSR count). The van der Waals surface area contributed by atoms with E-state index >= 15 is 0 Å². The number of rotatable bonds is 7. The molecule has 2 fully saturated rings. The van der Waals surface area contributed by atoms with Gasteiger partial charge in [-0.1, -0.05) is 37.6 Å². The van der Waals surface area contributed by atoms with Crippen LogP contribution in [-0.4, -0.2) is 76.5 Å². The number of aryl methyl sites for hydroxylation is 1. The van der Waals surface area contributed by atoms with Crippen molar-refractivity contribution in [2.24, 2.45) is 0 Å². The Bertz CT molecular complexity index is 1570. The van der Waals surface area contributed by atoms with Gasteiger partial charge < -0.3 is 14.6 Å². The number of Topliss-reactive ketones (excluding diaryl/α,β-unsaturated/α-hetero) is 1. The fourth-order valence-corrected chi connectivity index (χ4v) is 6.90. The van der Waals surface area contributed by atoms with Gasteiger partial charge in [0, 0.05) is 23.7 Å². The van der Waals surface area contributed by atoms with E-state index in [1.807, 2.05) is 19.1 Å². The number of ketones is 1. The van der Waals surface area contributed by atoms with Gasteiger partial charge in [-0.15, -0.1) is 0 Å². The molecule has 2 aromatic heterocycles. The summed E-state index contributed by atoms with van der Waals surface area (Å²) in [6.07, 6.45) is 2.38. The monoisotopic (exact) mass is 552 g/mol. The number of nitrogens with one attached hydrogen (secondary N) is 1. The average Bonchev–Trinajstić information content (AvgIpc) is 3.62. The number of furan rings is 1. The summed E-state index contributed by atoms with van der Waals surface area (Å²) in [6, 6.07) is 8.74. The minimum atomic E-state index is -4.54. The summed E-state index contributed by atoms with van der Waals surface area (Å²) in [5.74, 6) is -1.39. The van der Waals surface area contributed by atoms with Crippen molar-refractivity contribution in [3.8, 4) is 0 Å². The highest BCUT2D eigenvalue weighted by Crippen LogP contribution is 2.33. The second kappa shape index (κ2) is 10.3. The van der Waals surface area contributed by atoms with Crippen LogP contribution in [0, 0.1) is 6.92 Å². The first-order valence-electron chi connectivity index (χ1n) is 12.7. The Balaban J connectivity index is 1.35. The summed E-state index contributed by atoms with van der Waals surface area (Å²) in [7, 11) is -4.54. The predicted molar refractivity (Wildman–Crippen MR) is 140 cm³/mol. The lowest BCUT2D eigenvalue weighted by Crippen LogP contribution is -2.52. The van der Waals surface area contributed by atoms with E-state index < -0.39 is 57.4 Å². The van der Waals surface area contributed by atoms with Gasteiger partial charge in [-0.2, -0.15) is 4.31 Å². The first kappa shape index (κ1) is 26.7. The Morgan fingerprint density at radius 1 is 1.15 bits per heavy atom. The summed E-state index contributed by atoms with van der Waals surface area (Å²) >= 11 is 0. The van der Waals surface area contributed by atoms with Crippen LogP contribution in [-0.2, 0) is 19.6 Å². The summed E-state index contributed by atoms with van der Waals surface area (Å²) in [5, 5.41) is 2.36. The second-order valence-corrected chi connectivity index (χ2v) is 11.5. The number of carbonyl (C=O) groups excluding carboxylic acids is 4. The largest absolute Gasteiger partial charge is 0.451 e. The first-order valence-corrected chi connectivity index (χ1v) is 14.2. The molecule has 3 aromatic rings. The maximum Gasteiger partial charge on any atom is 0.310 e. The third-order valence-electron chi connectivity index (χ3n) is 7.31. The Morgan fingerprint density at radius 3 is 2.59 bits per heavy atom. The van der Waals surface area contributed by atoms with Crippen molar-refractivity contribution >= 4 is 43.7 Å². The lowest BCUT2D eigenvalue weighted by Gasteiger charge is -2.28. The number of pyridine rings is 1. The molecule has 3 unspecified atom stereocenters. The molecule has 1 aromatic carbocycles. The number of para-hydroxylation sites is 1. The highest BCUT2D eigenvalue weighted by Gasteiger charge is 2.55. The van der Waals surface area contributed by atoms with Gasteiger partial charge in [0.25, 0.3) is 15.9 Å². The summed E-state index contributed by atoms with van der Waals surface area (Å²) in [6.45, 7) is 3.23. The van der Waals surface area contributed by atoms with Crippen LogP contribution in [0.1, 0.15) is 52.8 Å². The molecular formula is C27H28N4O7S. The molecular weight excluding hydrogens is 524 g/mol. The van der Waals surface area contributed by atoms with Gasteiger partial charge >= 0.3 is 5.12 Å². The highest BCUT2D eigenvalue weighted by molar-refractivity contribution is 8.04. The Labute approximate surface area is 225 Å². The Kier molecular flexibility index (Phi) is 7.08. The van der Waals surface area contributed by atoms with Gasteiger partial charge in [-0.25, -0.2) is 8.42 Å². The quantitative estimate of drug-likeness (QED) is 0.469. The van der Waals surface area contributed by atoms with E-state index in [0.717, 1.165) is 9.69 Å². The molecule has 0 saturated carbocycles. The summed E-state index contributed by atoms with van der Waals surface area (Å²) in [4.78, 5) is 57.7. The molecule has 0 radical (unpaired) electrons. The average molecular weight is 553 g/mol. The van der Waals surface area contributed by atoms with Crippen LogP contribution < -0.4 is 5.32 Å². The van der Waals surface area contributed by atoms with Gasteiger partial charge in [-0.05, 0) is 38.0 Å². The molecule has 1 N–H and O–H groups in total. The summed E-state index contributed by atoms with van der Waals surface area (Å²) in [5.41, 5.74) is 0.960. The first-order chi connectivity index (χ1) is 18.6. The number of hydrogen-bond acceptors (Lipinski definition) is 8. The molecule has 4 heterocycles. The van der Waals surface area contributed by atoms with Crippen molar-refractivity contribution < 1.29 is 32.0 Å². The molecule has 2 aliphatic rings. The molecule has 0 aliphatic carbocycles. The molecule has 11 nitrogen and oxygen atoms in total. The van der Waals surface area contributed by atoms with Crippen LogP contribution in [0.4, 0.5) is 0 Å². The number of sulfonamides is 1. The third-order valence-corrected chi connectivity index (χ3v) is 9.00. The maximum atomic E-state index is 13.6. The van der Waals surface area contributed by atoms with E-state index in [0.29, 0.717) is 24.0 Å². The minimum absolute atomic E-state index is 0.103.